The summed E-state index contributed by atoms with van der Waals surface area (Å²) in [5.41, 5.74) is -0.683. The highest BCUT2D eigenvalue weighted by atomic mass is 19.3. The van der Waals surface area contributed by atoms with Crippen LogP contribution in [0.3, 0.4) is 0 Å². The maximum absolute atomic E-state index is 12.7. The Hall–Kier alpha value is -1.57. The van der Waals surface area contributed by atoms with Gasteiger partial charge in [0.15, 0.2) is 0 Å². The molecule has 2 nitrogen and oxygen atoms in total. The molecular weight excluding hydrogens is 181 g/mol. The van der Waals surface area contributed by atoms with E-state index in [-0.39, 0.29) is 11.3 Å². The molecule has 0 saturated carbocycles. The second-order valence-electron chi connectivity index (χ2n) is 2.45. The molecule has 0 radical (unpaired) electrons. The van der Waals surface area contributed by atoms with Gasteiger partial charge >= 0.3 is 0 Å². The van der Waals surface area contributed by atoms with Gasteiger partial charge in [-0.15, -0.1) is 0 Å². The van der Waals surface area contributed by atoms with Crippen molar-refractivity contribution in [3.8, 4) is 6.07 Å². The summed E-state index contributed by atoms with van der Waals surface area (Å²) in [6.07, 6.45) is -2.90. The van der Waals surface area contributed by atoms with Gasteiger partial charge in [-0.1, -0.05) is 0 Å². The molecule has 1 heterocycles. The van der Waals surface area contributed by atoms with Crippen LogP contribution in [-0.4, -0.2) is 4.98 Å². The van der Waals surface area contributed by atoms with E-state index in [0.717, 1.165) is 6.07 Å². The average molecular weight is 186 g/mol. The van der Waals surface area contributed by atoms with Crippen molar-refractivity contribution in [1.82, 2.24) is 4.98 Å². The smallest absolute Gasteiger partial charge is 0.208 e. The minimum atomic E-state index is -2.90. The van der Waals surface area contributed by atoms with E-state index >= 15 is 0 Å². The number of hydrogen-bond acceptors (Lipinski definition) is 2. The number of pyridine rings is 1. The number of nitrogens with zero attached hydrogens (tertiary/aromatic N) is 2. The minimum Gasteiger partial charge on any atom is -0.208 e. The quantitative estimate of drug-likeness (QED) is 0.631. The van der Waals surface area contributed by atoms with Crippen LogP contribution in [0.4, 0.5) is 13.2 Å². The summed E-state index contributed by atoms with van der Waals surface area (Å²) in [6, 6.07) is 2.54. The Labute approximate surface area is 72.6 Å². The van der Waals surface area contributed by atoms with Crippen molar-refractivity contribution in [2.24, 2.45) is 0 Å². The van der Waals surface area contributed by atoms with E-state index in [2.05, 4.69) is 4.98 Å². The fourth-order valence-electron chi connectivity index (χ4n) is 0.878. The molecule has 68 valence electrons. The average Bonchev–Trinajstić information content (AvgIpc) is 2.07. The van der Waals surface area contributed by atoms with Crippen LogP contribution in [0.2, 0.25) is 0 Å². The van der Waals surface area contributed by atoms with Crippen LogP contribution >= 0.6 is 0 Å². The molecule has 0 N–H and O–H groups in total. The summed E-state index contributed by atoms with van der Waals surface area (Å²) in [7, 11) is 0. The minimum absolute atomic E-state index is 0.165. The summed E-state index contributed by atoms with van der Waals surface area (Å²) >= 11 is 0. The second-order valence-corrected chi connectivity index (χ2v) is 2.45. The first-order valence-electron chi connectivity index (χ1n) is 3.41. The number of halogens is 3. The molecule has 1 aromatic heterocycles. The van der Waals surface area contributed by atoms with Crippen molar-refractivity contribution < 1.29 is 13.2 Å². The van der Waals surface area contributed by atoms with Gasteiger partial charge in [0.1, 0.15) is 11.8 Å². The van der Waals surface area contributed by atoms with Crippen molar-refractivity contribution in [1.29, 1.82) is 5.26 Å². The first-order valence-corrected chi connectivity index (χ1v) is 3.41. The normalized spacial score (nSPS) is 10.2. The number of aryl methyl sites for hydroxylation is 1. The summed E-state index contributed by atoms with van der Waals surface area (Å²) in [5, 5.41) is 8.41. The first-order chi connectivity index (χ1) is 6.06. The Balaban J connectivity index is 3.31. The molecule has 0 spiro atoms. The highest BCUT2D eigenvalue weighted by molar-refractivity contribution is 5.33. The molecule has 0 aliphatic heterocycles. The first kappa shape index (κ1) is 9.52. The Kier molecular flexibility index (Phi) is 2.52. The monoisotopic (exact) mass is 186 g/mol. The van der Waals surface area contributed by atoms with Crippen LogP contribution < -0.4 is 0 Å². The maximum Gasteiger partial charge on any atom is 0.268 e. The van der Waals surface area contributed by atoms with Gasteiger partial charge in [0.05, 0.1) is 5.56 Å². The van der Waals surface area contributed by atoms with Gasteiger partial charge in [-0.2, -0.15) is 9.65 Å². The zero-order valence-corrected chi connectivity index (χ0v) is 6.68. The van der Waals surface area contributed by atoms with Gasteiger partial charge in [0.25, 0.3) is 6.43 Å². The Morgan fingerprint density at radius 2 is 2.15 bits per heavy atom. The summed E-state index contributed by atoms with van der Waals surface area (Å²) in [6.45, 7) is 1.43. The molecule has 0 fully saturated rings. The zero-order valence-electron chi connectivity index (χ0n) is 6.68. The molecule has 0 aromatic carbocycles. The van der Waals surface area contributed by atoms with E-state index in [1.165, 1.54) is 6.92 Å². The van der Waals surface area contributed by atoms with Crippen molar-refractivity contribution in [3.05, 3.63) is 28.8 Å². The van der Waals surface area contributed by atoms with Gasteiger partial charge in [-0.3, -0.25) is 0 Å². The lowest BCUT2D eigenvalue weighted by atomic mass is 10.1. The number of aromatic nitrogens is 1. The third-order valence-corrected chi connectivity index (χ3v) is 1.53. The Morgan fingerprint density at radius 1 is 1.54 bits per heavy atom. The fourth-order valence-corrected chi connectivity index (χ4v) is 0.878. The molecule has 1 rings (SSSR count). The molecule has 0 amide bonds. The molecule has 5 heteroatoms. The number of hydrogen-bond donors (Lipinski definition) is 0. The van der Waals surface area contributed by atoms with E-state index in [1.807, 2.05) is 0 Å². The summed E-state index contributed by atoms with van der Waals surface area (Å²) in [5.74, 6) is -1.28. The predicted octanol–water partition coefficient (Wildman–Crippen LogP) is 2.34. The molecule has 0 aliphatic rings. The van der Waals surface area contributed by atoms with E-state index in [4.69, 9.17) is 5.26 Å². The summed E-state index contributed by atoms with van der Waals surface area (Å²) < 4.78 is 36.9. The van der Waals surface area contributed by atoms with Crippen LogP contribution in [0.5, 0.6) is 0 Å². The Bertz CT molecular complexity index is 368. The number of nitriles is 1. The third kappa shape index (κ3) is 1.78. The van der Waals surface area contributed by atoms with Crippen LogP contribution in [0.1, 0.15) is 23.2 Å². The van der Waals surface area contributed by atoms with Crippen LogP contribution in [0.15, 0.2) is 6.07 Å². The highest BCUT2D eigenvalue weighted by Gasteiger charge is 2.16. The zero-order chi connectivity index (χ0) is 10.0. The van der Waals surface area contributed by atoms with Gasteiger partial charge in [-0.05, 0) is 18.6 Å². The summed E-state index contributed by atoms with van der Waals surface area (Å²) in [4.78, 5) is 3.10. The maximum atomic E-state index is 12.7. The highest BCUT2D eigenvalue weighted by Crippen LogP contribution is 2.22. The van der Waals surface area contributed by atoms with Crippen LogP contribution in [-0.2, 0) is 0 Å². The topological polar surface area (TPSA) is 36.7 Å². The van der Waals surface area contributed by atoms with Crippen molar-refractivity contribution in [2.45, 2.75) is 13.3 Å². The predicted molar refractivity (Wildman–Crippen MR) is 38.6 cm³/mol. The lowest BCUT2D eigenvalue weighted by Crippen LogP contribution is -1.99. The van der Waals surface area contributed by atoms with Crippen molar-refractivity contribution in [2.75, 3.05) is 0 Å². The molecule has 0 aliphatic carbocycles. The van der Waals surface area contributed by atoms with E-state index in [1.54, 1.807) is 6.07 Å². The van der Waals surface area contributed by atoms with E-state index in [9.17, 15) is 13.2 Å². The van der Waals surface area contributed by atoms with Gasteiger partial charge in [0, 0.05) is 0 Å². The van der Waals surface area contributed by atoms with Crippen molar-refractivity contribution in [3.63, 3.8) is 0 Å². The second kappa shape index (κ2) is 3.44. The van der Waals surface area contributed by atoms with E-state index < -0.39 is 17.9 Å². The molecule has 0 unspecified atom stereocenters. The van der Waals surface area contributed by atoms with E-state index in [0.29, 0.717) is 0 Å². The Morgan fingerprint density at radius 3 is 2.62 bits per heavy atom. The third-order valence-electron chi connectivity index (χ3n) is 1.53. The molecule has 0 atom stereocenters. The molecular formula is C8H5F3N2. The number of alkyl halides is 2. The molecule has 13 heavy (non-hydrogen) atoms. The van der Waals surface area contributed by atoms with Gasteiger partial charge in [0.2, 0.25) is 5.95 Å². The standard InChI is InChI=1S/C8H5F3N2/c1-4-2-5(7(9)10)8(11)13-6(4)3-12/h2,7H,1H3. The molecule has 0 bridgehead atoms. The van der Waals surface area contributed by atoms with Crippen molar-refractivity contribution >= 4 is 0 Å². The fraction of sp³-hybridized carbons (Fsp3) is 0.250. The largest absolute Gasteiger partial charge is 0.268 e. The van der Waals surface area contributed by atoms with Crippen LogP contribution in [0.25, 0.3) is 0 Å². The van der Waals surface area contributed by atoms with Crippen LogP contribution in [0, 0.1) is 24.2 Å². The SMILES string of the molecule is Cc1cc(C(F)F)c(F)nc1C#N. The van der Waals surface area contributed by atoms with Gasteiger partial charge < -0.3 is 0 Å². The lowest BCUT2D eigenvalue weighted by molar-refractivity contribution is 0.145. The molecule has 1 aromatic rings. The molecule has 0 saturated heterocycles. The number of rotatable bonds is 1. The lowest BCUT2D eigenvalue weighted by Gasteiger charge is -2.02. The van der Waals surface area contributed by atoms with Gasteiger partial charge in [-0.25, -0.2) is 13.8 Å².